The van der Waals surface area contributed by atoms with Crippen molar-refractivity contribution < 1.29 is 4.42 Å². The van der Waals surface area contributed by atoms with E-state index in [-0.39, 0.29) is 0 Å². The quantitative estimate of drug-likeness (QED) is 0.402. The zero-order valence-corrected chi connectivity index (χ0v) is 19.3. The van der Waals surface area contributed by atoms with Crippen LogP contribution in [-0.4, -0.2) is 69.8 Å². The van der Waals surface area contributed by atoms with Crippen molar-refractivity contribution in [2.45, 2.75) is 26.4 Å². The first kappa shape index (κ1) is 22.8. The number of benzene rings is 1. The van der Waals surface area contributed by atoms with Gasteiger partial charge < -0.3 is 19.2 Å². The van der Waals surface area contributed by atoms with Gasteiger partial charge in [0.05, 0.1) is 6.26 Å². The van der Waals surface area contributed by atoms with E-state index < -0.39 is 0 Å². The van der Waals surface area contributed by atoms with E-state index in [1.807, 2.05) is 18.2 Å². The standard InChI is InChI=1S/C25H33N7O/c1-2-24-29-28-21-32(24)14-12-26-25(27-20-23-11-7-19-33-23)31-17-15-30(16-18-31)13-6-10-22-8-4-3-5-9-22/h3-11,19,21H,2,12-18,20H2,1H3,(H,26,27)/b10-6+. The molecular formula is C25H33N7O. The number of rotatable bonds is 9. The van der Waals surface area contributed by atoms with Gasteiger partial charge in [0.25, 0.3) is 0 Å². The van der Waals surface area contributed by atoms with Crippen molar-refractivity contribution >= 4 is 12.0 Å². The van der Waals surface area contributed by atoms with E-state index in [1.54, 1.807) is 12.6 Å². The highest BCUT2D eigenvalue weighted by Gasteiger charge is 2.19. The molecule has 0 amide bonds. The lowest BCUT2D eigenvalue weighted by molar-refractivity contribution is 0.194. The minimum atomic E-state index is 0.530. The molecule has 8 heteroatoms. The highest BCUT2D eigenvalue weighted by molar-refractivity contribution is 5.80. The number of furan rings is 1. The first-order valence-corrected chi connectivity index (χ1v) is 11.7. The molecule has 2 aromatic heterocycles. The van der Waals surface area contributed by atoms with E-state index in [9.17, 15) is 0 Å². The molecule has 0 saturated carbocycles. The Hall–Kier alpha value is -3.39. The molecule has 8 nitrogen and oxygen atoms in total. The highest BCUT2D eigenvalue weighted by atomic mass is 16.3. The van der Waals surface area contributed by atoms with Crippen LogP contribution in [0.4, 0.5) is 0 Å². The summed E-state index contributed by atoms with van der Waals surface area (Å²) in [6.45, 7) is 9.05. The van der Waals surface area contributed by atoms with Gasteiger partial charge in [0, 0.05) is 52.2 Å². The van der Waals surface area contributed by atoms with Gasteiger partial charge in [0.15, 0.2) is 5.96 Å². The summed E-state index contributed by atoms with van der Waals surface area (Å²) in [5.74, 6) is 2.80. The smallest absolute Gasteiger partial charge is 0.194 e. The van der Waals surface area contributed by atoms with Crippen molar-refractivity contribution in [2.75, 3.05) is 39.3 Å². The Kier molecular flexibility index (Phi) is 8.30. The van der Waals surface area contributed by atoms with Gasteiger partial charge in [-0.2, -0.15) is 0 Å². The molecule has 1 saturated heterocycles. The zero-order chi connectivity index (χ0) is 22.7. The van der Waals surface area contributed by atoms with Crippen molar-refractivity contribution in [3.63, 3.8) is 0 Å². The van der Waals surface area contributed by atoms with Crippen LogP contribution in [0.15, 0.2) is 70.5 Å². The molecule has 4 rings (SSSR count). The molecule has 1 aromatic carbocycles. The molecule has 0 bridgehead atoms. The van der Waals surface area contributed by atoms with Gasteiger partial charge in [-0.1, -0.05) is 49.4 Å². The van der Waals surface area contributed by atoms with Crippen molar-refractivity contribution in [1.29, 1.82) is 0 Å². The second kappa shape index (κ2) is 12.0. The van der Waals surface area contributed by atoms with Crippen LogP contribution < -0.4 is 5.32 Å². The van der Waals surface area contributed by atoms with Gasteiger partial charge in [0.2, 0.25) is 0 Å². The molecule has 33 heavy (non-hydrogen) atoms. The summed E-state index contributed by atoms with van der Waals surface area (Å²) in [6, 6.07) is 14.3. The molecule has 0 aliphatic carbocycles. The van der Waals surface area contributed by atoms with E-state index in [0.29, 0.717) is 6.54 Å². The summed E-state index contributed by atoms with van der Waals surface area (Å²) in [5.41, 5.74) is 1.24. The molecule has 0 unspecified atom stereocenters. The van der Waals surface area contributed by atoms with Crippen molar-refractivity contribution in [2.24, 2.45) is 4.99 Å². The molecule has 1 aliphatic heterocycles. The monoisotopic (exact) mass is 447 g/mol. The summed E-state index contributed by atoms with van der Waals surface area (Å²) >= 11 is 0. The van der Waals surface area contributed by atoms with E-state index in [0.717, 1.165) is 69.8 Å². The minimum Gasteiger partial charge on any atom is -0.467 e. The maximum atomic E-state index is 5.47. The number of aromatic nitrogens is 3. The number of nitrogens with one attached hydrogen (secondary N) is 1. The van der Waals surface area contributed by atoms with Crippen molar-refractivity contribution in [3.8, 4) is 0 Å². The van der Waals surface area contributed by atoms with Crippen LogP contribution in [0.1, 0.15) is 24.1 Å². The fourth-order valence-electron chi connectivity index (χ4n) is 3.89. The summed E-state index contributed by atoms with van der Waals surface area (Å²) in [7, 11) is 0. The molecule has 1 N–H and O–H groups in total. The topological polar surface area (TPSA) is 74.7 Å². The van der Waals surface area contributed by atoms with Crippen LogP contribution in [0, 0.1) is 0 Å². The summed E-state index contributed by atoms with van der Waals surface area (Å²) < 4.78 is 7.56. The SMILES string of the molecule is CCc1nncn1CCNC(=NCc1ccco1)N1CCN(C/C=C/c2ccccc2)CC1. The number of nitrogens with zero attached hydrogens (tertiary/aromatic N) is 6. The Labute approximate surface area is 195 Å². The predicted octanol–water partition coefficient (Wildman–Crippen LogP) is 2.91. The molecule has 3 heterocycles. The third kappa shape index (κ3) is 6.79. The highest BCUT2D eigenvalue weighted by Crippen LogP contribution is 2.07. The molecular weight excluding hydrogens is 414 g/mol. The predicted molar refractivity (Wildman–Crippen MR) is 131 cm³/mol. The van der Waals surface area contributed by atoms with Crippen LogP contribution in [0.25, 0.3) is 6.08 Å². The molecule has 0 atom stereocenters. The molecule has 174 valence electrons. The van der Waals surface area contributed by atoms with Gasteiger partial charge in [-0.25, -0.2) is 4.99 Å². The zero-order valence-electron chi connectivity index (χ0n) is 19.3. The molecule has 3 aromatic rings. The lowest BCUT2D eigenvalue weighted by Crippen LogP contribution is -2.52. The van der Waals surface area contributed by atoms with Gasteiger partial charge in [-0.15, -0.1) is 10.2 Å². The molecule has 0 radical (unpaired) electrons. The van der Waals surface area contributed by atoms with Gasteiger partial charge in [0.1, 0.15) is 24.5 Å². The van der Waals surface area contributed by atoms with Gasteiger partial charge in [-0.3, -0.25) is 4.90 Å². The Bertz CT molecular complexity index is 1000. The normalized spacial score (nSPS) is 15.4. The third-order valence-corrected chi connectivity index (χ3v) is 5.76. The number of aryl methyl sites for hydroxylation is 1. The number of piperazine rings is 1. The first-order valence-electron chi connectivity index (χ1n) is 11.7. The lowest BCUT2D eigenvalue weighted by Gasteiger charge is -2.36. The largest absolute Gasteiger partial charge is 0.467 e. The fourth-order valence-corrected chi connectivity index (χ4v) is 3.89. The van der Waals surface area contributed by atoms with Crippen molar-refractivity contribution in [3.05, 3.63) is 78.3 Å². The van der Waals surface area contributed by atoms with Crippen LogP contribution in [-0.2, 0) is 19.5 Å². The van der Waals surface area contributed by atoms with E-state index in [4.69, 9.17) is 9.41 Å². The van der Waals surface area contributed by atoms with E-state index >= 15 is 0 Å². The van der Waals surface area contributed by atoms with Gasteiger partial charge in [-0.05, 0) is 17.7 Å². The lowest BCUT2D eigenvalue weighted by atomic mass is 10.2. The maximum Gasteiger partial charge on any atom is 0.194 e. The van der Waals surface area contributed by atoms with Crippen LogP contribution in [0.2, 0.25) is 0 Å². The Balaban J connectivity index is 1.30. The van der Waals surface area contributed by atoms with Crippen molar-refractivity contribution in [1.82, 2.24) is 29.9 Å². The van der Waals surface area contributed by atoms with Crippen LogP contribution in [0.5, 0.6) is 0 Å². The van der Waals surface area contributed by atoms with Gasteiger partial charge >= 0.3 is 0 Å². The molecule has 1 fully saturated rings. The minimum absolute atomic E-state index is 0.530. The van der Waals surface area contributed by atoms with E-state index in [1.165, 1.54) is 5.56 Å². The molecule has 0 spiro atoms. The maximum absolute atomic E-state index is 5.47. The second-order valence-corrected chi connectivity index (χ2v) is 8.04. The van der Waals surface area contributed by atoms with Crippen LogP contribution in [0.3, 0.4) is 0 Å². The number of hydrogen-bond donors (Lipinski definition) is 1. The molecule has 1 aliphatic rings. The Morgan fingerprint density at radius 2 is 1.97 bits per heavy atom. The van der Waals surface area contributed by atoms with Crippen LogP contribution >= 0.6 is 0 Å². The Morgan fingerprint density at radius 3 is 2.73 bits per heavy atom. The fraction of sp³-hybridized carbons (Fsp3) is 0.400. The Morgan fingerprint density at radius 1 is 1.12 bits per heavy atom. The second-order valence-electron chi connectivity index (χ2n) is 8.04. The average molecular weight is 448 g/mol. The number of hydrogen-bond acceptors (Lipinski definition) is 5. The summed E-state index contributed by atoms with van der Waals surface area (Å²) in [6.07, 6.45) is 8.80. The third-order valence-electron chi connectivity index (χ3n) is 5.76. The number of guanidine groups is 1. The summed E-state index contributed by atoms with van der Waals surface area (Å²) in [4.78, 5) is 9.66. The summed E-state index contributed by atoms with van der Waals surface area (Å²) in [5, 5.41) is 11.7. The number of aliphatic imine (C=N–C) groups is 1. The van der Waals surface area contributed by atoms with E-state index in [2.05, 4.69) is 73.2 Å². The first-order chi connectivity index (χ1) is 16.3. The average Bonchev–Trinajstić information content (AvgIpc) is 3.54.